The summed E-state index contributed by atoms with van der Waals surface area (Å²) in [6, 6.07) is 31.7. The van der Waals surface area contributed by atoms with Crippen molar-refractivity contribution in [1.29, 1.82) is 0 Å². The van der Waals surface area contributed by atoms with E-state index in [4.69, 9.17) is 38.8 Å². The molecule has 2 aromatic heterocycles. The van der Waals surface area contributed by atoms with Crippen molar-refractivity contribution in [3.05, 3.63) is 166 Å². The maximum atomic E-state index is 13.1. The molecule has 350 valence electrons. The standard InChI is InChI=1S/C64H73N3O/c1-38(2)42-20-22-43(23-21-42)45-26-27-65-56(35-45)50-32-49(33-51(34-50)62(8,9)10)53-18-17-19-58-59(53)66-61(54-36-52(63(11,12)13)37-55(60(54)68)64(14,15)16)67(58)57-25-24-44(28-41(57)7)48-30-46(39(3)4)29-47(31-48)40(5)6/h17-40,68H,1-16H3/i7D3,11D3,12D3,13D3,14D3,15D3,16D3,38D,39D,40D. The number of imidazole rings is 1. The van der Waals surface area contributed by atoms with E-state index in [9.17, 15) is 9.22 Å². The van der Waals surface area contributed by atoms with Gasteiger partial charge in [0.2, 0.25) is 0 Å². The number of hydrogen-bond acceptors (Lipinski definition) is 3. The first-order valence-corrected chi connectivity index (χ1v) is 22.4. The fourth-order valence-electron chi connectivity index (χ4n) is 8.47. The average molecular weight is 924 g/mol. The second-order valence-electron chi connectivity index (χ2n) is 19.5. The summed E-state index contributed by atoms with van der Waals surface area (Å²) in [5, 5.41) is 13.1. The molecular weight excluding hydrogens is 827 g/mol. The minimum absolute atomic E-state index is 0.0112. The molecule has 0 aliphatic carbocycles. The molecule has 4 heteroatoms. The predicted octanol–water partition coefficient (Wildman–Crippen LogP) is 18.0. The lowest BCUT2D eigenvalue weighted by molar-refractivity contribution is 0.446. The highest BCUT2D eigenvalue weighted by molar-refractivity contribution is 5.97. The molecule has 1 N–H and O–H groups in total. The van der Waals surface area contributed by atoms with Crippen LogP contribution in [0.4, 0.5) is 0 Å². The van der Waals surface area contributed by atoms with E-state index >= 15 is 0 Å². The maximum absolute atomic E-state index is 13.1. The van der Waals surface area contributed by atoms with Crippen LogP contribution in [0.1, 0.15) is 193 Å². The summed E-state index contributed by atoms with van der Waals surface area (Å²) < 4.78 is 214. The molecule has 0 aliphatic heterocycles. The number of para-hydroxylation sites is 1. The Morgan fingerprint density at radius 3 is 1.81 bits per heavy atom. The third kappa shape index (κ3) is 9.57. The lowest BCUT2D eigenvalue weighted by Gasteiger charge is -2.27. The van der Waals surface area contributed by atoms with Crippen LogP contribution >= 0.6 is 0 Å². The van der Waals surface area contributed by atoms with Gasteiger partial charge < -0.3 is 5.11 Å². The van der Waals surface area contributed by atoms with Crippen molar-refractivity contribution in [2.24, 2.45) is 0 Å². The molecular formula is C64H73N3O. The summed E-state index contributed by atoms with van der Waals surface area (Å²) in [6.45, 7) is -12.2. The molecule has 0 saturated carbocycles. The summed E-state index contributed by atoms with van der Waals surface area (Å²) in [4.78, 5) is 9.86. The van der Waals surface area contributed by atoms with Crippen LogP contribution in [0.15, 0.2) is 128 Å². The summed E-state index contributed by atoms with van der Waals surface area (Å²) in [5.74, 6) is -5.51. The Bertz CT molecular complexity index is 4010. The number of aromatic nitrogens is 3. The van der Waals surface area contributed by atoms with Gasteiger partial charge in [-0.1, -0.05) is 176 Å². The summed E-state index contributed by atoms with van der Waals surface area (Å²) in [6.07, 6.45) is 1.65. The first-order chi connectivity index (χ1) is 41.5. The van der Waals surface area contributed by atoms with Crippen molar-refractivity contribution in [2.75, 3.05) is 0 Å². The van der Waals surface area contributed by atoms with Gasteiger partial charge in [0.25, 0.3) is 0 Å². The van der Waals surface area contributed by atoms with Gasteiger partial charge in [0, 0.05) is 55.8 Å². The first-order valence-electron chi connectivity index (χ1n) is 34.4. The van der Waals surface area contributed by atoms with Gasteiger partial charge in [-0.05, 0) is 151 Å². The number of benzene rings is 6. The number of fused-ring (bicyclic) bond motifs is 1. The smallest absolute Gasteiger partial charge is 0.149 e. The van der Waals surface area contributed by atoms with E-state index in [1.807, 2.05) is 75.4 Å². The Kier molecular flexibility index (Phi) is 7.01. The molecule has 0 bridgehead atoms. The van der Waals surface area contributed by atoms with Crippen molar-refractivity contribution in [3.8, 4) is 67.5 Å². The monoisotopic (exact) mass is 924 g/mol. The third-order valence-corrected chi connectivity index (χ3v) is 12.5. The molecule has 2 heterocycles. The molecule has 0 aliphatic rings. The first kappa shape index (κ1) is 26.5. The van der Waals surface area contributed by atoms with E-state index in [1.54, 1.807) is 78.1 Å². The topological polar surface area (TPSA) is 50.9 Å². The number of pyridine rings is 1. The molecule has 8 aromatic rings. The molecule has 8 rings (SSSR count). The highest BCUT2D eigenvalue weighted by Gasteiger charge is 2.29. The van der Waals surface area contributed by atoms with Gasteiger partial charge in [-0.3, -0.25) is 9.55 Å². The molecule has 0 atom stereocenters. The summed E-state index contributed by atoms with van der Waals surface area (Å²) in [5.41, 5.74) is -7.05. The Labute approximate surface area is 441 Å². The largest absolute Gasteiger partial charge is 0.507 e. The Morgan fingerprint density at radius 1 is 0.544 bits per heavy atom. The van der Waals surface area contributed by atoms with Crippen molar-refractivity contribution in [3.63, 3.8) is 0 Å². The zero-order chi connectivity index (χ0) is 69.5. The Morgan fingerprint density at radius 2 is 1.18 bits per heavy atom. The van der Waals surface area contributed by atoms with Crippen LogP contribution in [0.2, 0.25) is 0 Å². The van der Waals surface area contributed by atoms with Gasteiger partial charge >= 0.3 is 0 Å². The third-order valence-electron chi connectivity index (χ3n) is 12.5. The number of phenols is 1. The molecule has 4 nitrogen and oxygen atoms in total. The SMILES string of the molecule is [2H]C([2H])([2H])c1cc(-c2cc(C([2H])(C)C)cc(C([2H])(C)C)c2)ccc1-n1c(-c2cc(C(C([2H])([2H])[2H])(C([2H])([2H])[2H])C([2H])([2H])[2H])cc(C(C([2H])([2H])[2H])(C([2H])([2H])[2H])C([2H])([2H])[2H])c2O)nc2c(-c3cc(-c4cc(-c5ccc(C([2H])(C)C)cc5)ccn4)cc(C(C)(C)C)c3)cccc21. The molecule has 0 spiro atoms. The van der Waals surface area contributed by atoms with Crippen molar-refractivity contribution in [2.45, 2.75) is 144 Å². The second-order valence-corrected chi connectivity index (χ2v) is 19.5. The van der Waals surface area contributed by atoms with Gasteiger partial charge in [0.15, 0.2) is 0 Å². The van der Waals surface area contributed by atoms with Crippen LogP contribution in [0, 0.1) is 6.85 Å². The summed E-state index contributed by atoms with van der Waals surface area (Å²) in [7, 11) is 0. The number of hydrogen-bond donors (Lipinski definition) is 1. The highest BCUT2D eigenvalue weighted by atomic mass is 16.3. The molecule has 6 aromatic carbocycles. The second kappa shape index (κ2) is 18.0. The normalized spacial score (nSPS) is 19.5. The molecule has 0 radical (unpaired) electrons. The van der Waals surface area contributed by atoms with E-state index in [1.165, 1.54) is 24.3 Å². The van der Waals surface area contributed by atoms with Gasteiger partial charge in [-0.25, -0.2) is 4.98 Å². The van der Waals surface area contributed by atoms with Crippen molar-refractivity contribution in [1.82, 2.24) is 14.5 Å². The van der Waals surface area contributed by atoms with E-state index < -0.39 is 116 Å². The van der Waals surface area contributed by atoms with Gasteiger partial charge in [-0.2, -0.15) is 0 Å². The van der Waals surface area contributed by atoms with Crippen LogP contribution < -0.4 is 0 Å². The van der Waals surface area contributed by atoms with Crippen LogP contribution in [0.5, 0.6) is 5.75 Å². The Balaban J connectivity index is 1.61. The van der Waals surface area contributed by atoms with Crippen LogP contribution in [-0.2, 0) is 16.2 Å². The van der Waals surface area contributed by atoms with E-state index in [0.717, 1.165) is 26.8 Å². The molecule has 0 unspecified atom stereocenters. The van der Waals surface area contributed by atoms with E-state index in [-0.39, 0.29) is 33.9 Å². The van der Waals surface area contributed by atoms with E-state index in [2.05, 4.69) is 0 Å². The minimum atomic E-state index is -4.27. The van der Waals surface area contributed by atoms with Crippen LogP contribution in [0.3, 0.4) is 0 Å². The van der Waals surface area contributed by atoms with Crippen LogP contribution in [-0.4, -0.2) is 19.6 Å². The van der Waals surface area contributed by atoms with Crippen molar-refractivity contribution >= 4 is 11.0 Å². The zero-order valence-corrected chi connectivity index (χ0v) is 39.9. The molecule has 0 amide bonds. The molecule has 0 saturated heterocycles. The van der Waals surface area contributed by atoms with Crippen molar-refractivity contribution < 1.29 is 38.0 Å². The number of nitrogens with zero attached hydrogens (tertiary/aromatic N) is 3. The number of phenolic OH excluding ortho intramolecular Hbond substituents is 1. The average Bonchev–Trinajstić information content (AvgIpc) is 0.733. The lowest BCUT2D eigenvalue weighted by atomic mass is 9.79. The quantitative estimate of drug-likeness (QED) is 0.157. The number of rotatable bonds is 9. The van der Waals surface area contributed by atoms with Crippen LogP contribution in [0.25, 0.3) is 72.7 Å². The number of aryl methyl sites for hydroxylation is 1. The predicted molar refractivity (Wildman–Crippen MR) is 291 cm³/mol. The maximum Gasteiger partial charge on any atom is 0.149 e. The Hall–Kier alpha value is -6.26. The van der Waals surface area contributed by atoms with Gasteiger partial charge in [0.1, 0.15) is 11.6 Å². The van der Waals surface area contributed by atoms with Gasteiger partial charge in [0.05, 0.1) is 28.0 Å². The fourth-order valence-corrected chi connectivity index (χ4v) is 8.47. The molecule has 68 heavy (non-hydrogen) atoms. The van der Waals surface area contributed by atoms with E-state index in [0.29, 0.717) is 39.6 Å². The minimum Gasteiger partial charge on any atom is -0.507 e. The fraction of sp³-hybridized carbons (Fsp3) is 0.344. The lowest BCUT2D eigenvalue weighted by Crippen LogP contribution is -2.17. The van der Waals surface area contributed by atoms with Gasteiger partial charge in [-0.15, -0.1) is 0 Å². The highest BCUT2D eigenvalue weighted by Crippen LogP contribution is 2.46. The number of aromatic hydroxyl groups is 1. The molecule has 0 fully saturated rings. The zero-order valence-electron chi connectivity index (χ0n) is 63.9. The summed E-state index contributed by atoms with van der Waals surface area (Å²) >= 11 is 0.